The summed E-state index contributed by atoms with van der Waals surface area (Å²) in [5.41, 5.74) is 2.19. The Morgan fingerprint density at radius 3 is 2.58 bits per heavy atom. The van der Waals surface area contributed by atoms with E-state index in [1.807, 2.05) is 36.4 Å². The molecule has 1 aliphatic rings. The summed E-state index contributed by atoms with van der Waals surface area (Å²) < 4.78 is 12.4. The van der Waals surface area contributed by atoms with Crippen LogP contribution in [0.5, 0.6) is 5.75 Å². The van der Waals surface area contributed by atoms with Crippen LogP contribution < -0.4 is 10.1 Å². The fraction of sp³-hybridized carbons (Fsp3) is 0.409. The van der Waals surface area contributed by atoms with Crippen molar-refractivity contribution in [3.05, 3.63) is 65.7 Å². The summed E-state index contributed by atoms with van der Waals surface area (Å²) >= 11 is 0. The van der Waals surface area contributed by atoms with E-state index >= 15 is 0 Å². The molecule has 3 atom stereocenters. The Morgan fingerprint density at radius 1 is 1.12 bits per heavy atom. The molecule has 1 aliphatic heterocycles. The van der Waals surface area contributed by atoms with E-state index in [-0.39, 0.29) is 24.2 Å². The number of para-hydroxylation sites is 1. The zero-order valence-corrected chi connectivity index (χ0v) is 15.5. The second-order valence-electron chi connectivity index (χ2n) is 6.84. The van der Waals surface area contributed by atoms with Crippen molar-refractivity contribution in [2.24, 2.45) is 0 Å². The summed E-state index contributed by atoms with van der Waals surface area (Å²) in [5.74, 6) is 0.860. The van der Waals surface area contributed by atoms with E-state index < -0.39 is 0 Å². The number of benzene rings is 2. The largest absolute Gasteiger partial charge is 0.489 e. The highest BCUT2D eigenvalue weighted by molar-refractivity contribution is 5.73. The summed E-state index contributed by atoms with van der Waals surface area (Å²) in [4.78, 5) is 11.5. The summed E-state index contributed by atoms with van der Waals surface area (Å²) in [6.45, 7) is 4.22. The molecule has 0 saturated carbocycles. The monoisotopic (exact) mass is 353 g/mol. The molecule has 26 heavy (non-hydrogen) atoms. The molecule has 0 spiro atoms. The maximum atomic E-state index is 11.5. The lowest BCUT2D eigenvalue weighted by atomic mass is 9.92. The fourth-order valence-electron chi connectivity index (χ4n) is 3.50. The van der Waals surface area contributed by atoms with Gasteiger partial charge in [0.25, 0.3) is 0 Å². The van der Waals surface area contributed by atoms with Crippen LogP contribution in [0.2, 0.25) is 0 Å². The highest BCUT2D eigenvalue weighted by atomic mass is 16.5. The van der Waals surface area contributed by atoms with Crippen molar-refractivity contribution in [1.82, 2.24) is 5.32 Å². The second kappa shape index (κ2) is 8.86. The third-order valence-corrected chi connectivity index (χ3v) is 4.77. The Labute approximate surface area is 155 Å². The Morgan fingerprint density at radius 2 is 1.85 bits per heavy atom. The first-order chi connectivity index (χ1) is 12.7. The minimum Gasteiger partial charge on any atom is -0.489 e. The fourth-order valence-corrected chi connectivity index (χ4v) is 3.50. The van der Waals surface area contributed by atoms with Gasteiger partial charge in [0.2, 0.25) is 5.91 Å². The minimum atomic E-state index is -0.0717. The van der Waals surface area contributed by atoms with Gasteiger partial charge in [-0.15, -0.1) is 0 Å². The van der Waals surface area contributed by atoms with Crippen LogP contribution >= 0.6 is 0 Å². The number of hydrogen-bond acceptors (Lipinski definition) is 3. The first-order valence-electron chi connectivity index (χ1n) is 9.34. The standard InChI is InChI=1S/C22H27NO3/c1-3-19-13-18(23-16(2)24)14-22(26-19)20-11-7-8-12-21(20)25-15-17-9-5-4-6-10-17/h4-12,18-19,22H,3,13-15H2,1-2H3,(H,23,24)/t18-,19+,22+/m1/s1. The van der Waals surface area contributed by atoms with Gasteiger partial charge in [-0.25, -0.2) is 0 Å². The number of rotatable bonds is 6. The molecule has 138 valence electrons. The van der Waals surface area contributed by atoms with E-state index in [9.17, 15) is 4.79 Å². The topological polar surface area (TPSA) is 47.6 Å². The van der Waals surface area contributed by atoms with Gasteiger partial charge in [-0.3, -0.25) is 4.79 Å². The summed E-state index contributed by atoms with van der Waals surface area (Å²) in [7, 11) is 0. The van der Waals surface area contributed by atoms with Gasteiger partial charge in [0, 0.05) is 18.5 Å². The zero-order chi connectivity index (χ0) is 18.4. The third-order valence-electron chi connectivity index (χ3n) is 4.77. The first kappa shape index (κ1) is 18.5. The number of hydrogen-bond donors (Lipinski definition) is 1. The van der Waals surface area contributed by atoms with Gasteiger partial charge in [0.05, 0.1) is 12.2 Å². The lowest BCUT2D eigenvalue weighted by Crippen LogP contribution is -2.42. The smallest absolute Gasteiger partial charge is 0.217 e. The Balaban J connectivity index is 1.75. The highest BCUT2D eigenvalue weighted by Crippen LogP contribution is 2.37. The lowest BCUT2D eigenvalue weighted by Gasteiger charge is -2.36. The molecule has 0 unspecified atom stereocenters. The minimum absolute atomic E-state index is 0.0131. The first-order valence-corrected chi connectivity index (χ1v) is 9.34. The van der Waals surface area contributed by atoms with Crippen LogP contribution in [0.25, 0.3) is 0 Å². The molecule has 3 rings (SSSR count). The van der Waals surface area contributed by atoms with Crippen LogP contribution in [-0.4, -0.2) is 18.1 Å². The van der Waals surface area contributed by atoms with E-state index in [1.165, 1.54) is 0 Å². The van der Waals surface area contributed by atoms with Crippen molar-refractivity contribution in [2.75, 3.05) is 0 Å². The normalized spacial score (nSPS) is 22.6. The molecule has 4 heteroatoms. The molecule has 1 fully saturated rings. The molecule has 1 heterocycles. The molecule has 4 nitrogen and oxygen atoms in total. The summed E-state index contributed by atoms with van der Waals surface area (Å²) in [6.07, 6.45) is 2.63. The quantitative estimate of drug-likeness (QED) is 0.837. The van der Waals surface area contributed by atoms with E-state index in [1.54, 1.807) is 6.92 Å². The molecule has 1 N–H and O–H groups in total. The van der Waals surface area contributed by atoms with Crippen molar-refractivity contribution in [3.63, 3.8) is 0 Å². The van der Waals surface area contributed by atoms with Gasteiger partial charge in [-0.1, -0.05) is 55.5 Å². The van der Waals surface area contributed by atoms with Gasteiger partial charge < -0.3 is 14.8 Å². The number of ether oxygens (including phenoxy) is 2. The number of amides is 1. The summed E-state index contributed by atoms with van der Waals surface area (Å²) in [6, 6.07) is 18.3. The summed E-state index contributed by atoms with van der Waals surface area (Å²) in [5, 5.41) is 3.06. The molecule has 2 aromatic rings. The molecule has 0 aliphatic carbocycles. The SMILES string of the molecule is CC[C@H]1C[C@@H](NC(C)=O)C[C@@H](c2ccccc2OCc2ccccc2)O1. The van der Waals surface area contributed by atoms with Crippen molar-refractivity contribution in [3.8, 4) is 5.75 Å². The van der Waals surface area contributed by atoms with E-state index in [0.29, 0.717) is 6.61 Å². The molecule has 0 radical (unpaired) electrons. The predicted octanol–water partition coefficient (Wildman–Crippen LogP) is 4.40. The van der Waals surface area contributed by atoms with E-state index in [2.05, 4.69) is 30.4 Å². The van der Waals surface area contributed by atoms with Crippen LogP contribution in [0.1, 0.15) is 50.3 Å². The molecule has 0 aromatic heterocycles. The van der Waals surface area contributed by atoms with E-state index in [4.69, 9.17) is 9.47 Å². The molecular weight excluding hydrogens is 326 g/mol. The van der Waals surface area contributed by atoms with E-state index in [0.717, 1.165) is 36.1 Å². The Bertz CT molecular complexity index is 716. The second-order valence-corrected chi connectivity index (χ2v) is 6.84. The lowest BCUT2D eigenvalue weighted by molar-refractivity contribution is -0.122. The number of carbonyl (C=O) groups excluding carboxylic acids is 1. The van der Waals surface area contributed by atoms with Crippen LogP contribution in [0.4, 0.5) is 0 Å². The Kier molecular flexibility index (Phi) is 6.29. The van der Waals surface area contributed by atoms with Crippen LogP contribution in [0, 0.1) is 0 Å². The highest BCUT2D eigenvalue weighted by Gasteiger charge is 2.31. The third kappa shape index (κ3) is 4.85. The maximum absolute atomic E-state index is 11.5. The molecule has 1 saturated heterocycles. The van der Waals surface area contributed by atoms with Gasteiger partial charge in [0.15, 0.2) is 0 Å². The van der Waals surface area contributed by atoms with Crippen LogP contribution in [-0.2, 0) is 16.1 Å². The molecular formula is C22H27NO3. The number of nitrogens with one attached hydrogen (secondary N) is 1. The van der Waals surface area contributed by atoms with Gasteiger partial charge >= 0.3 is 0 Å². The van der Waals surface area contributed by atoms with Crippen LogP contribution in [0.3, 0.4) is 0 Å². The molecule has 0 bridgehead atoms. The van der Waals surface area contributed by atoms with Crippen LogP contribution in [0.15, 0.2) is 54.6 Å². The van der Waals surface area contributed by atoms with Gasteiger partial charge in [0.1, 0.15) is 12.4 Å². The van der Waals surface area contributed by atoms with Gasteiger partial charge in [-0.2, -0.15) is 0 Å². The number of carbonyl (C=O) groups is 1. The maximum Gasteiger partial charge on any atom is 0.217 e. The van der Waals surface area contributed by atoms with Crippen molar-refractivity contribution >= 4 is 5.91 Å². The van der Waals surface area contributed by atoms with Gasteiger partial charge in [-0.05, 0) is 30.9 Å². The van der Waals surface area contributed by atoms with Crippen molar-refractivity contribution < 1.29 is 14.3 Å². The predicted molar refractivity (Wildman–Crippen MR) is 102 cm³/mol. The van der Waals surface area contributed by atoms with Crippen molar-refractivity contribution in [2.45, 2.75) is 58.0 Å². The average Bonchev–Trinajstić information content (AvgIpc) is 2.66. The Hall–Kier alpha value is -2.33. The van der Waals surface area contributed by atoms with Crippen molar-refractivity contribution in [1.29, 1.82) is 0 Å². The molecule has 1 amide bonds. The average molecular weight is 353 g/mol. The zero-order valence-electron chi connectivity index (χ0n) is 15.5. The molecule has 2 aromatic carbocycles.